The number of carbonyl (C=O) groups excluding carboxylic acids is 2. The van der Waals surface area contributed by atoms with Crippen molar-refractivity contribution in [3.8, 4) is 0 Å². The van der Waals surface area contributed by atoms with E-state index >= 15 is 0 Å². The van der Waals surface area contributed by atoms with E-state index in [1.807, 2.05) is 0 Å². The zero-order valence-corrected chi connectivity index (χ0v) is 12.6. The molecule has 22 heavy (non-hydrogen) atoms. The smallest absolute Gasteiger partial charge is 0.343 e. The maximum atomic E-state index is 13.5. The van der Waals surface area contributed by atoms with E-state index in [1.165, 1.54) is 0 Å². The number of nitrogens with one attached hydrogen (secondary N) is 1. The van der Waals surface area contributed by atoms with Crippen LogP contribution in [0.25, 0.3) is 0 Å². The summed E-state index contributed by atoms with van der Waals surface area (Å²) in [6.07, 6.45) is 0. The van der Waals surface area contributed by atoms with Crippen LogP contribution in [0.4, 0.5) is 13.8 Å². The van der Waals surface area contributed by atoms with Gasteiger partial charge in [0.15, 0.2) is 6.61 Å². The molecule has 0 atom stereocenters. The summed E-state index contributed by atoms with van der Waals surface area (Å²) >= 11 is 1.09. The number of ketones is 1. The molecule has 8 heteroatoms. The molecule has 0 saturated carbocycles. The lowest BCUT2D eigenvalue weighted by Gasteiger charge is -2.06. The Kier molecular flexibility index (Phi) is 4.81. The number of hydrogen-bond donors (Lipinski definition) is 1. The van der Waals surface area contributed by atoms with E-state index in [0.717, 1.165) is 23.7 Å². The van der Waals surface area contributed by atoms with Crippen LogP contribution in [0.15, 0.2) is 18.2 Å². The molecular weight excluding hydrogens is 314 g/mol. The van der Waals surface area contributed by atoms with Gasteiger partial charge in [-0.1, -0.05) is 0 Å². The molecule has 1 aromatic heterocycles. The van der Waals surface area contributed by atoms with Gasteiger partial charge < -0.3 is 10.1 Å². The second-order valence-electron chi connectivity index (χ2n) is 4.35. The number of nitrogens with zero attached hydrogens (tertiary/aromatic N) is 1. The zero-order valence-electron chi connectivity index (χ0n) is 11.8. The number of anilines is 1. The fourth-order valence-corrected chi connectivity index (χ4v) is 2.51. The molecule has 0 aliphatic heterocycles. The van der Waals surface area contributed by atoms with Crippen molar-refractivity contribution >= 4 is 28.3 Å². The standard InChI is InChI=1S/C14H12F2N2O3S/c1-7-12(13(17-2)22-18-7)14(20)21-6-11(19)9-4-3-8(15)5-10(9)16/h3-5,17H,6H2,1-2H3. The molecule has 0 aliphatic carbocycles. The predicted octanol–water partition coefficient (Wildman–Crippen LogP) is 2.81. The molecule has 0 spiro atoms. The minimum atomic E-state index is -0.995. The number of aryl methyl sites for hydroxylation is 1. The first-order valence-electron chi connectivity index (χ1n) is 6.23. The molecule has 0 radical (unpaired) electrons. The summed E-state index contributed by atoms with van der Waals surface area (Å²) in [5, 5.41) is 3.32. The normalized spacial score (nSPS) is 10.4. The molecule has 116 valence electrons. The first-order valence-corrected chi connectivity index (χ1v) is 7.00. The van der Waals surface area contributed by atoms with Crippen molar-refractivity contribution < 1.29 is 23.1 Å². The van der Waals surface area contributed by atoms with E-state index in [2.05, 4.69) is 9.69 Å². The molecule has 0 aliphatic rings. The number of ether oxygens (including phenoxy) is 1. The van der Waals surface area contributed by atoms with E-state index < -0.39 is 30.0 Å². The van der Waals surface area contributed by atoms with Gasteiger partial charge in [0.05, 0.1) is 11.3 Å². The molecule has 1 N–H and O–H groups in total. The van der Waals surface area contributed by atoms with Gasteiger partial charge in [-0.3, -0.25) is 4.79 Å². The van der Waals surface area contributed by atoms with Crippen molar-refractivity contribution in [2.24, 2.45) is 0 Å². The second-order valence-corrected chi connectivity index (χ2v) is 5.12. The Bertz CT molecular complexity index is 731. The van der Waals surface area contributed by atoms with E-state index in [4.69, 9.17) is 4.74 Å². The summed E-state index contributed by atoms with van der Waals surface area (Å²) < 4.78 is 35.1. The van der Waals surface area contributed by atoms with Crippen molar-refractivity contribution in [3.05, 3.63) is 46.7 Å². The SMILES string of the molecule is CNc1snc(C)c1C(=O)OCC(=O)c1ccc(F)cc1F. The predicted molar refractivity (Wildman–Crippen MR) is 77.4 cm³/mol. The van der Waals surface area contributed by atoms with Crippen molar-refractivity contribution in [2.75, 3.05) is 19.0 Å². The average Bonchev–Trinajstić information content (AvgIpc) is 2.85. The number of benzene rings is 1. The summed E-state index contributed by atoms with van der Waals surface area (Å²) in [4.78, 5) is 23.8. The van der Waals surface area contributed by atoms with Gasteiger partial charge >= 0.3 is 5.97 Å². The van der Waals surface area contributed by atoms with Crippen molar-refractivity contribution in [2.45, 2.75) is 6.92 Å². The van der Waals surface area contributed by atoms with Crippen LogP contribution in [0.1, 0.15) is 26.4 Å². The van der Waals surface area contributed by atoms with Gasteiger partial charge in [0.2, 0.25) is 5.78 Å². The molecule has 2 aromatic rings. The van der Waals surface area contributed by atoms with E-state index in [9.17, 15) is 18.4 Å². The highest BCUT2D eigenvalue weighted by Gasteiger charge is 2.21. The zero-order chi connectivity index (χ0) is 16.3. The van der Waals surface area contributed by atoms with Gasteiger partial charge in [0.25, 0.3) is 0 Å². The van der Waals surface area contributed by atoms with Crippen LogP contribution in [-0.4, -0.2) is 29.8 Å². The largest absolute Gasteiger partial charge is 0.454 e. The minimum absolute atomic E-state index is 0.236. The fraction of sp³-hybridized carbons (Fsp3) is 0.214. The van der Waals surface area contributed by atoms with Gasteiger partial charge in [0, 0.05) is 13.1 Å². The van der Waals surface area contributed by atoms with Gasteiger partial charge in [-0.25, -0.2) is 13.6 Å². The number of halogens is 2. The quantitative estimate of drug-likeness (QED) is 0.676. The molecule has 1 aromatic carbocycles. The highest BCUT2D eigenvalue weighted by Crippen LogP contribution is 2.24. The third kappa shape index (κ3) is 3.28. The Morgan fingerprint density at radius 3 is 2.73 bits per heavy atom. The average molecular weight is 326 g/mol. The third-order valence-corrected chi connectivity index (χ3v) is 3.82. The molecule has 2 rings (SSSR count). The summed E-state index contributed by atoms with van der Waals surface area (Å²) in [7, 11) is 1.63. The fourth-order valence-electron chi connectivity index (χ4n) is 1.78. The monoisotopic (exact) mass is 326 g/mol. The van der Waals surface area contributed by atoms with Crippen molar-refractivity contribution in [1.29, 1.82) is 0 Å². The number of esters is 1. The Morgan fingerprint density at radius 1 is 1.36 bits per heavy atom. The van der Waals surface area contributed by atoms with E-state index in [1.54, 1.807) is 14.0 Å². The van der Waals surface area contributed by atoms with Crippen LogP contribution in [0, 0.1) is 18.6 Å². The van der Waals surface area contributed by atoms with Crippen LogP contribution in [-0.2, 0) is 4.74 Å². The Balaban J connectivity index is 2.07. The Labute approximate surface area is 129 Å². The van der Waals surface area contributed by atoms with E-state index in [0.29, 0.717) is 16.8 Å². The number of aromatic nitrogens is 1. The number of Topliss-reactive ketones (excluding diaryl/α,β-unsaturated/α-hetero) is 1. The van der Waals surface area contributed by atoms with Crippen LogP contribution in [0.2, 0.25) is 0 Å². The summed E-state index contributed by atoms with van der Waals surface area (Å²) in [5.74, 6) is -3.26. The lowest BCUT2D eigenvalue weighted by Crippen LogP contribution is -2.16. The Morgan fingerprint density at radius 2 is 2.09 bits per heavy atom. The molecule has 0 amide bonds. The maximum Gasteiger partial charge on any atom is 0.343 e. The Hall–Kier alpha value is -2.35. The molecule has 0 bridgehead atoms. The summed E-state index contributed by atoms with van der Waals surface area (Å²) in [6, 6.07) is 2.57. The van der Waals surface area contributed by atoms with Crippen LogP contribution in [0.3, 0.4) is 0 Å². The number of carbonyl (C=O) groups is 2. The van der Waals surface area contributed by atoms with Crippen LogP contribution in [0.5, 0.6) is 0 Å². The first-order chi connectivity index (χ1) is 10.4. The topological polar surface area (TPSA) is 68.3 Å². The van der Waals surface area contributed by atoms with Crippen LogP contribution < -0.4 is 5.32 Å². The molecule has 5 nitrogen and oxygen atoms in total. The second kappa shape index (κ2) is 6.61. The van der Waals surface area contributed by atoms with Crippen molar-refractivity contribution in [3.63, 3.8) is 0 Å². The maximum absolute atomic E-state index is 13.5. The molecule has 0 fully saturated rings. The van der Waals surface area contributed by atoms with Gasteiger partial charge in [-0.2, -0.15) is 4.37 Å². The lowest BCUT2D eigenvalue weighted by molar-refractivity contribution is 0.0474. The van der Waals surface area contributed by atoms with Crippen LogP contribution >= 0.6 is 11.5 Å². The van der Waals surface area contributed by atoms with Gasteiger partial charge in [0.1, 0.15) is 22.2 Å². The summed E-state index contributed by atoms with van der Waals surface area (Å²) in [5.41, 5.74) is 0.378. The molecule has 1 heterocycles. The third-order valence-electron chi connectivity index (χ3n) is 2.86. The highest BCUT2D eigenvalue weighted by molar-refractivity contribution is 7.10. The number of hydrogen-bond acceptors (Lipinski definition) is 6. The molecule has 0 unspecified atom stereocenters. The molecule has 0 saturated heterocycles. The number of rotatable bonds is 5. The minimum Gasteiger partial charge on any atom is -0.454 e. The highest BCUT2D eigenvalue weighted by atomic mass is 32.1. The molecular formula is C14H12F2N2O3S. The van der Waals surface area contributed by atoms with E-state index in [-0.39, 0.29) is 11.1 Å². The van der Waals surface area contributed by atoms with Gasteiger partial charge in [-0.15, -0.1) is 0 Å². The van der Waals surface area contributed by atoms with Crippen molar-refractivity contribution in [1.82, 2.24) is 4.37 Å². The lowest BCUT2D eigenvalue weighted by atomic mass is 10.1. The van der Waals surface area contributed by atoms with Gasteiger partial charge in [-0.05, 0) is 30.6 Å². The summed E-state index contributed by atoms with van der Waals surface area (Å²) in [6.45, 7) is 0.995. The first kappa shape index (κ1) is 16.0.